The predicted octanol–water partition coefficient (Wildman–Crippen LogP) is -3.03. The molecule has 0 aromatic heterocycles. The average molecular weight is 211 g/mol. The van der Waals surface area contributed by atoms with Crippen LogP contribution in [0.3, 0.4) is 0 Å². The zero-order valence-corrected chi connectivity index (χ0v) is 7.86. The van der Waals surface area contributed by atoms with E-state index in [1.807, 2.05) is 0 Å². The Balaban J connectivity index is 4.94. The van der Waals surface area contributed by atoms with E-state index in [2.05, 4.69) is 21.0 Å². The van der Waals surface area contributed by atoms with Crippen LogP contribution in [0.25, 0.3) is 0 Å². The number of aliphatic imine (C=N–C) groups is 2. The van der Waals surface area contributed by atoms with Crippen molar-refractivity contribution in [1.82, 2.24) is 5.32 Å². The minimum atomic E-state index is -0.267. The maximum Gasteiger partial charge on any atom is 0.204 e. The van der Waals surface area contributed by atoms with Crippen LogP contribution >= 0.6 is 0 Å². The molecule has 9 nitrogen and oxygen atoms in total. The van der Waals surface area contributed by atoms with Crippen molar-refractivity contribution < 1.29 is 0 Å². The van der Waals surface area contributed by atoms with Gasteiger partial charge in [0.05, 0.1) is 6.20 Å². The molecule has 0 fully saturated rings. The van der Waals surface area contributed by atoms with Crippen LogP contribution < -0.4 is 34.0 Å². The monoisotopic (exact) mass is 211 g/mol. The zero-order valence-electron chi connectivity index (χ0n) is 7.86. The Morgan fingerprint density at radius 3 is 1.87 bits per heavy atom. The van der Waals surface area contributed by atoms with E-state index in [1.165, 1.54) is 6.20 Å². The van der Waals surface area contributed by atoms with Gasteiger partial charge in [-0.15, -0.1) is 0 Å². The van der Waals surface area contributed by atoms with E-state index in [9.17, 15) is 0 Å². The van der Waals surface area contributed by atoms with Gasteiger partial charge in [-0.3, -0.25) is 5.41 Å². The molecule has 9 heteroatoms. The van der Waals surface area contributed by atoms with Crippen LogP contribution in [0, 0.1) is 5.41 Å². The van der Waals surface area contributed by atoms with Crippen LogP contribution in [0.5, 0.6) is 0 Å². The third-order valence-electron chi connectivity index (χ3n) is 0.899. The van der Waals surface area contributed by atoms with Gasteiger partial charge in [-0.05, 0) is 0 Å². The quantitative estimate of drug-likeness (QED) is 0.147. The topological polar surface area (TPSA) is 191 Å². The number of nitrogens with two attached hydrogens (primary N) is 5. The van der Waals surface area contributed by atoms with Crippen molar-refractivity contribution in [3.8, 4) is 0 Å². The molecular formula is C6H13N9. The number of nitrogens with zero attached hydrogens (tertiary/aromatic N) is 2. The van der Waals surface area contributed by atoms with Crippen LogP contribution in [0.15, 0.2) is 27.7 Å². The molecule has 12 N–H and O–H groups in total. The minimum absolute atomic E-state index is 0.0382. The standard InChI is InChI=1S/C6H13N9/c7-4(8)13-2-1-3(14-5(9)10)15-6(11)12/h2H,(H4,7,8,13)(H4,9,10,14)(H4,11,12,15). The van der Waals surface area contributed by atoms with Crippen LogP contribution in [0.2, 0.25) is 0 Å². The molecular weight excluding hydrogens is 198 g/mol. The van der Waals surface area contributed by atoms with Crippen LogP contribution in [-0.4, -0.2) is 17.9 Å². The Morgan fingerprint density at radius 1 is 1.07 bits per heavy atom. The van der Waals surface area contributed by atoms with Crippen LogP contribution in [0.4, 0.5) is 0 Å². The first-order valence-electron chi connectivity index (χ1n) is 3.67. The molecule has 0 radical (unpaired) electrons. The summed E-state index contributed by atoms with van der Waals surface area (Å²) in [6.45, 7) is 0. The Labute approximate surface area is 85.9 Å². The molecule has 82 valence electrons. The number of hydrogen-bond acceptors (Lipinski definition) is 3. The van der Waals surface area contributed by atoms with E-state index in [0.29, 0.717) is 0 Å². The lowest BCUT2D eigenvalue weighted by molar-refractivity contribution is 1.16. The lowest BCUT2D eigenvalue weighted by Gasteiger charge is -1.94. The van der Waals surface area contributed by atoms with Crippen molar-refractivity contribution in [2.24, 2.45) is 38.7 Å². The molecule has 0 aromatic carbocycles. The SMILES string of the molecule is N=C(N)NC=C=C(N=C(N)N)N=C(N)N. The van der Waals surface area contributed by atoms with E-state index >= 15 is 0 Å². The van der Waals surface area contributed by atoms with Gasteiger partial charge in [-0.25, -0.2) is 0 Å². The summed E-state index contributed by atoms with van der Waals surface area (Å²) in [5.74, 6) is -0.752. The highest BCUT2D eigenvalue weighted by Gasteiger charge is 1.91. The zero-order chi connectivity index (χ0) is 11.8. The van der Waals surface area contributed by atoms with Gasteiger partial charge in [-0.2, -0.15) is 9.98 Å². The molecule has 0 amide bonds. The molecule has 0 aromatic rings. The predicted molar refractivity (Wildman–Crippen MR) is 58.3 cm³/mol. The molecule has 0 atom stereocenters. The van der Waals surface area contributed by atoms with E-state index in [4.69, 9.17) is 34.1 Å². The summed E-state index contributed by atoms with van der Waals surface area (Å²) in [5.41, 5.74) is 27.9. The lowest BCUT2D eigenvalue weighted by Crippen LogP contribution is -2.25. The molecule has 0 rings (SSSR count). The molecule has 0 heterocycles. The summed E-state index contributed by atoms with van der Waals surface area (Å²) < 4.78 is 0. The highest BCUT2D eigenvalue weighted by atomic mass is 15.1. The Hall–Kier alpha value is -2.67. The van der Waals surface area contributed by atoms with Gasteiger partial charge in [0.2, 0.25) is 5.82 Å². The first-order chi connectivity index (χ1) is 6.91. The smallest absolute Gasteiger partial charge is 0.204 e. The van der Waals surface area contributed by atoms with Gasteiger partial charge < -0.3 is 34.0 Å². The largest absolute Gasteiger partial charge is 0.370 e. The maximum absolute atomic E-state index is 6.84. The van der Waals surface area contributed by atoms with Crippen LogP contribution in [0.1, 0.15) is 0 Å². The van der Waals surface area contributed by atoms with E-state index in [1.54, 1.807) is 0 Å². The van der Waals surface area contributed by atoms with Gasteiger partial charge in [0, 0.05) is 0 Å². The van der Waals surface area contributed by atoms with Gasteiger partial charge in [0.25, 0.3) is 0 Å². The molecule has 0 bridgehead atoms. The summed E-state index contributed by atoms with van der Waals surface area (Å²) >= 11 is 0. The van der Waals surface area contributed by atoms with Crippen molar-refractivity contribution in [1.29, 1.82) is 5.41 Å². The molecule has 0 unspecified atom stereocenters. The highest BCUT2D eigenvalue weighted by molar-refractivity contribution is 5.79. The molecule has 0 spiro atoms. The van der Waals surface area contributed by atoms with Crippen LogP contribution in [-0.2, 0) is 0 Å². The summed E-state index contributed by atoms with van der Waals surface area (Å²) in [4.78, 5) is 7.12. The fraction of sp³-hybridized carbons (Fsp3) is 0. The van der Waals surface area contributed by atoms with E-state index in [-0.39, 0.29) is 23.7 Å². The van der Waals surface area contributed by atoms with Crippen molar-refractivity contribution in [3.63, 3.8) is 0 Å². The number of guanidine groups is 3. The minimum Gasteiger partial charge on any atom is -0.370 e. The Kier molecular flexibility index (Phi) is 4.84. The van der Waals surface area contributed by atoms with E-state index in [0.717, 1.165) is 0 Å². The third-order valence-corrected chi connectivity index (χ3v) is 0.899. The second-order valence-corrected chi connectivity index (χ2v) is 2.24. The summed E-state index contributed by atoms with van der Waals surface area (Å²) in [6, 6.07) is 0. The fourth-order valence-electron chi connectivity index (χ4n) is 0.513. The van der Waals surface area contributed by atoms with Crippen molar-refractivity contribution in [2.75, 3.05) is 0 Å². The number of hydrogen-bond donors (Lipinski definition) is 7. The number of nitrogens with one attached hydrogen (secondary N) is 2. The molecule has 15 heavy (non-hydrogen) atoms. The second-order valence-electron chi connectivity index (χ2n) is 2.24. The molecule has 0 aliphatic carbocycles. The van der Waals surface area contributed by atoms with Gasteiger partial charge >= 0.3 is 0 Å². The van der Waals surface area contributed by atoms with Crippen molar-refractivity contribution in [2.45, 2.75) is 0 Å². The highest BCUT2D eigenvalue weighted by Crippen LogP contribution is 1.93. The van der Waals surface area contributed by atoms with E-state index < -0.39 is 0 Å². The second kappa shape index (κ2) is 5.89. The normalized spacial score (nSPS) is 8.00. The van der Waals surface area contributed by atoms with Crippen molar-refractivity contribution >= 4 is 17.9 Å². The molecule has 0 aliphatic rings. The molecule has 0 saturated heterocycles. The van der Waals surface area contributed by atoms with Gasteiger partial charge in [0.15, 0.2) is 17.9 Å². The maximum atomic E-state index is 6.84. The third kappa shape index (κ3) is 7.68. The molecule has 0 aliphatic heterocycles. The first-order valence-corrected chi connectivity index (χ1v) is 3.67. The Bertz CT molecular complexity index is 329. The Morgan fingerprint density at radius 2 is 1.53 bits per heavy atom. The first kappa shape index (κ1) is 12.3. The lowest BCUT2D eigenvalue weighted by atomic mass is 10.7. The summed E-state index contributed by atoms with van der Waals surface area (Å²) in [6.07, 6.45) is 1.19. The van der Waals surface area contributed by atoms with Gasteiger partial charge in [-0.1, -0.05) is 5.73 Å². The summed E-state index contributed by atoms with van der Waals surface area (Å²) in [5, 5.41) is 9.16. The summed E-state index contributed by atoms with van der Waals surface area (Å²) in [7, 11) is 0. The van der Waals surface area contributed by atoms with Gasteiger partial charge in [0.1, 0.15) is 0 Å². The number of rotatable bonds is 3. The van der Waals surface area contributed by atoms with Crippen molar-refractivity contribution in [3.05, 3.63) is 17.8 Å². The average Bonchev–Trinajstić information content (AvgIpc) is 2.00. The molecule has 0 saturated carbocycles. The fourth-order valence-corrected chi connectivity index (χ4v) is 0.513.